The van der Waals surface area contributed by atoms with Gasteiger partial charge in [0.15, 0.2) is 5.96 Å². The van der Waals surface area contributed by atoms with Crippen LogP contribution in [0.4, 0.5) is 0 Å². The van der Waals surface area contributed by atoms with Crippen LogP contribution >= 0.6 is 24.0 Å². The van der Waals surface area contributed by atoms with Gasteiger partial charge in [0, 0.05) is 33.8 Å². The van der Waals surface area contributed by atoms with Crippen molar-refractivity contribution >= 4 is 29.9 Å². The molecule has 132 valence electrons. The summed E-state index contributed by atoms with van der Waals surface area (Å²) in [4.78, 5) is 6.40. The molecule has 0 atom stereocenters. The Kier molecular flexibility index (Phi) is 13.9. The van der Waals surface area contributed by atoms with Crippen molar-refractivity contribution in [2.45, 2.75) is 0 Å². The second-order valence-corrected chi connectivity index (χ2v) is 4.88. The van der Waals surface area contributed by atoms with Gasteiger partial charge in [0.1, 0.15) is 12.4 Å². The first-order chi connectivity index (χ1) is 10.8. The Bertz CT molecular complexity index is 418. The molecule has 23 heavy (non-hydrogen) atoms. The van der Waals surface area contributed by atoms with E-state index in [-0.39, 0.29) is 24.0 Å². The maximum Gasteiger partial charge on any atom is 0.191 e. The first kappa shape index (κ1) is 21.9. The van der Waals surface area contributed by atoms with Crippen LogP contribution in [0.1, 0.15) is 0 Å². The average molecular weight is 436 g/mol. The smallest absolute Gasteiger partial charge is 0.191 e. The van der Waals surface area contributed by atoms with E-state index in [2.05, 4.69) is 27.6 Å². The summed E-state index contributed by atoms with van der Waals surface area (Å²) < 4.78 is 10.7. The molecular formula is C16H29IN4O2. The number of halogens is 1. The van der Waals surface area contributed by atoms with E-state index in [1.807, 2.05) is 30.3 Å². The number of likely N-dealkylation sites (N-methyl/N-ethyl adjacent to an activating group) is 1. The lowest BCUT2D eigenvalue weighted by Gasteiger charge is -2.17. The predicted octanol–water partition coefficient (Wildman–Crippen LogP) is 1.43. The Hall–Kier alpha value is -1.06. The number of nitrogens with one attached hydrogen (secondary N) is 2. The van der Waals surface area contributed by atoms with Gasteiger partial charge in [-0.05, 0) is 19.2 Å². The highest BCUT2D eigenvalue weighted by molar-refractivity contribution is 14.0. The number of aliphatic imine (C=N–C) groups is 1. The summed E-state index contributed by atoms with van der Waals surface area (Å²) in [5.74, 6) is 1.67. The van der Waals surface area contributed by atoms with E-state index in [4.69, 9.17) is 9.47 Å². The Morgan fingerprint density at radius 3 is 2.43 bits per heavy atom. The summed E-state index contributed by atoms with van der Waals surface area (Å²) in [6.07, 6.45) is 0. The standard InChI is InChI=1S/C16H28N4O2.HI/c1-17-16(18-9-11-20(2)12-14-21-3)19-10-13-22-15-7-5-4-6-8-15;/h4-8H,9-14H2,1-3H3,(H2,17,18,19);1H. The molecule has 0 aliphatic rings. The molecule has 0 aliphatic heterocycles. The third kappa shape index (κ3) is 11.2. The number of rotatable bonds is 10. The van der Waals surface area contributed by atoms with E-state index in [0.29, 0.717) is 13.2 Å². The van der Waals surface area contributed by atoms with Crippen LogP contribution in [-0.2, 0) is 4.74 Å². The molecule has 0 aromatic heterocycles. The molecule has 2 N–H and O–H groups in total. The van der Waals surface area contributed by atoms with Gasteiger partial charge in [0.05, 0.1) is 13.2 Å². The molecule has 7 heteroatoms. The van der Waals surface area contributed by atoms with Gasteiger partial charge >= 0.3 is 0 Å². The molecule has 0 spiro atoms. The topological polar surface area (TPSA) is 58.1 Å². The minimum absolute atomic E-state index is 0. The first-order valence-corrected chi connectivity index (χ1v) is 7.56. The van der Waals surface area contributed by atoms with Crippen molar-refractivity contribution in [2.75, 3.05) is 60.6 Å². The molecular weight excluding hydrogens is 407 g/mol. The second kappa shape index (κ2) is 14.5. The molecule has 0 amide bonds. The average Bonchev–Trinajstić information content (AvgIpc) is 2.56. The molecule has 1 aromatic carbocycles. The first-order valence-electron chi connectivity index (χ1n) is 7.56. The lowest BCUT2D eigenvalue weighted by Crippen LogP contribution is -2.42. The summed E-state index contributed by atoms with van der Waals surface area (Å²) in [5, 5.41) is 6.50. The van der Waals surface area contributed by atoms with Crippen molar-refractivity contribution in [3.63, 3.8) is 0 Å². The Balaban J connectivity index is 0.00000484. The van der Waals surface area contributed by atoms with E-state index in [9.17, 15) is 0 Å². The van der Waals surface area contributed by atoms with Crippen LogP contribution in [0.5, 0.6) is 5.75 Å². The van der Waals surface area contributed by atoms with Gasteiger partial charge in [-0.3, -0.25) is 4.99 Å². The highest BCUT2D eigenvalue weighted by atomic mass is 127. The van der Waals surface area contributed by atoms with Crippen LogP contribution in [-0.4, -0.2) is 71.5 Å². The fourth-order valence-corrected chi connectivity index (χ4v) is 1.80. The third-order valence-corrected chi connectivity index (χ3v) is 3.09. The molecule has 1 rings (SSSR count). The second-order valence-electron chi connectivity index (χ2n) is 4.88. The van der Waals surface area contributed by atoms with Crippen LogP contribution in [0, 0.1) is 0 Å². The van der Waals surface area contributed by atoms with E-state index in [0.717, 1.165) is 38.0 Å². The van der Waals surface area contributed by atoms with Crippen molar-refractivity contribution in [1.82, 2.24) is 15.5 Å². The molecule has 1 aromatic rings. The van der Waals surface area contributed by atoms with Crippen LogP contribution in [0.3, 0.4) is 0 Å². The van der Waals surface area contributed by atoms with E-state index < -0.39 is 0 Å². The molecule has 0 saturated heterocycles. The minimum Gasteiger partial charge on any atom is -0.492 e. The number of benzene rings is 1. The van der Waals surface area contributed by atoms with Crippen LogP contribution in [0.15, 0.2) is 35.3 Å². The fourth-order valence-electron chi connectivity index (χ4n) is 1.80. The zero-order valence-corrected chi connectivity index (χ0v) is 16.6. The Morgan fingerprint density at radius 1 is 1.09 bits per heavy atom. The number of hydrogen-bond donors (Lipinski definition) is 2. The monoisotopic (exact) mass is 436 g/mol. The largest absolute Gasteiger partial charge is 0.492 e. The molecule has 0 aliphatic carbocycles. The Morgan fingerprint density at radius 2 is 1.78 bits per heavy atom. The minimum atomic E-state index is 0. The maximum atomic E-state index is 5.62. The van der Waals surface area contributed by atoms with Crippen molar-refractivity contribution < 1.29 is 9.47 Å². The summed E-state index contributed by atoms with van der Waals surface area (Å²) in [7, 11) is 5.56. The van der Waals surface area contributed by atoms with Gasteiger partial charge in [-0.25, -0.2) is 0 Å². The number of hydrogen-bond acceptors (Lipinski definition) is 4. The number of nitrogens with zero attached hydrogens (tertiary/aromatic N) is 2. The molecule has 0 fully saturated rings. The summed E-state index contributed by atoms with van der Waals surface area (Å²) in [6, 6.07) is 9.79. The molecule has 6 nitrogen and oxygen atoms in total. The zero-order chi connectivity index (χ0) is 16.0. The molecule has 0 unspecified atom stereocenters. The van der Waals surface area contributed by atoms with Crippen LogP contribution in [0.25, 0.3) is 0 Å². The molecule has 0 saturated carbocycles. The Labute approximate surface area is 156 Å². The number of guanidine groups is 1. The molecule has 0 heterocycles. The summed E-state index contributed by atoms with van der Waals surface area (Å²) in [6.45, 7) is 4.74. The van der Waals surface area contributed by atoms with Gasteiger partial charge in [0.25, 0.3) is 0 Å². The SMILES string of the molecule is CN=C(NCCOc1ccccc1)NCCN(C)CCOC.I. The zero-order valence-electron chi connectivity index (χ0n) is 14.2. The van der Waals surface area contributed by atoms with Gasteiger partial charge in [-0.2, -0.15) is 0 Å². The van der Waals surface area contributed by atoms with Crippen LogP contribution in [0.2, 0.25) is 0 Å². The van der Waals surface area contributed by atoms with Gasteiger partial charge < -0.3 is 25.0 Å². The van der Waals surface area contributed by atoms with E-state index in [1.165, 1.54) is 0 Å². The van der Waals surface area contributed by atoms with Gasteiger partial charge in [-0.15, -0.1) is 24.0 Å². The highest BCUT2D eigenvalue weighted by Crippen LogP contribution is 2.07. The normalized spacial score (nSPS) is 11.0. The molecule has 0 radical (unpaired) electrons. The van der Waals surface area contributed by atoms with Crippen molar-refractivity contribution in [1.29, 1.82) is 0 Å². The van der Waals surface area contributed by atoms with Gasteiger partial charge in [-0.1, -0.05) is 18.2 Å². The summed E-state index contributed by atoms with van der Waals surface area (Å²) >= 11 is 0. The lowest BCUT2D eigenvalue weighted by atomic mass is 10.3. The maximum absolute atomic E-state index is 5.62. The third-order valence-electron chi connectivity index (χ3n) is 3.09. The fraction of sp³-hybridized carbons (Fsp3) is 0.562. The highest BCUT2D eigenvalue weighted by Gasteiger charge is 2.00. The van der Waals surface area contributed by atoms with Crippen LogP contribution < -0.4 is 15.4 Å². The molecule has 0 bridgehead atoms. The number of ether oxygens (including phenoxy) is 2. The van der Waals surface area contributed by atoms with Crippen molar-refractivity contribution in [2.24, 2.45) is 4.99 Å². The predicted molar refractivity (Wildman–Crippen MR) is 106 cm³/mol. The quantitative estimate of drug-likeness (QED) is 0.252. The van der Waals surface area contributed by atoms with E-state index >= 15 is 0 Å². The number of methoxy groups -OCH3 is 1. The van der Waals surface area contributed by atoms with E-state index in [1.54, 1.807) is 14.2 Å². The van der Waals surface area contributed by atoms with Crippen molar-refractivity contribution in [3.05, 3.63) is 30.3 Å². The van der Waals surface area contributed by atoms with Crippen molar-refractivity contribution in [3.8, 4) is 5.75 Å². The lowest BCUT2D eigenvalue weighted by molar-refractivity contribution is 0.162. The van der Waals surface area contributed by atoms with Gasteiger partial charge in [0.2, 0.25) is 0 Å². The number of para-hydroxylation sites is 1. The summed E-state index contributed by atoms with van der Waals surface area (Å²) in [5.41, 5.74) is 0.